The predicted molar refractivity (Wildman–Crippen MR) is 171 cm³/mol. The number of carbonyl (C=O) groups is 6. The summed E-state index contributed by atoms with van der Waals surface area (Å²) in [4.78, 5) is 72.8. The van der Waals surface area contributed by atoms with Gasteiger partial charge in [0.2, 0.25) is 25.1 Å². The Hall–Kier alpha value is -2.52. The molecule has 0 aromatic carbocycles. The van der Waals surface area contributed by atoms with E-state index in [9.17, 15) is 50.2 Å². The van der Waals surface area contributed by atoms with E-state index < -0.39 is 90.1 Å². The third-order valence-electron chi connectivity index (χ3n) is 4.68. The number of carbonyl (C=O) groups excluding carboxylic acids is 6. The smallest absolute Gasteiger partial charge is 0.276 e. The lowest BCUT2D eigenvalue weighted by Crippen LogP contribution is -2.42. The van der Waals surface area contributed by atoms with Crippen LogP contribution in [0.3, 0.4) is 0 Å². The van der Waals surface area contributed by atoms with Crippen LogP contribution in [0, 0.1) is 17.8 Å². The lowest BCUT2D eigenvalue weighted by molar-refractivity contribution is -0.121. The fourth-order valence-corrected chi connectivity index (χ4v) is 5.03. The summed E-state index contributed by atoms with van der Waals surface area (Å²) < 4.78 is 80.9. The molecule has 7 atom stereocenters. The van der Waals surface area contributed by atoms with E-state index in [2.05, 4.69) is 27.7 Å². The molecule has 264 valence electrons. The third kappa shape index (κ3) is 32.7. The molecule has 0 saturated carbocycles. The molecule has 7 unspecified atom stereocenters. The monoisotopic (exact) mass is 729 g/mol. The number of aldehydes is 3. The van der Waals surface area contributed by atoms with Crippen LogP contribution >= 0.6 is 7.37 Å². The standard InChI is InChI=1S/C9H17NO7S2.C7H14NO4P.C7H13NO4S/c1-7(6-11)5-10-9(12)8(19(15,16)17)3-4-18(2,13)14;2*1-6(4-9)3-8-7(10)5-13(2,11)12/h6-8H,2-5H2,1H3,(H,10,12)(H,13,14)(H,15,16,17);4,6H,3,5H2,1-2H3,(H,8,10)(H,11,12);4,6H,2-3,5H2,1H3,(H,8,10)(H,11,12). The first-order valence-corrected chi connectivity index (χ1v) is 20.2. The zero-order valence-electron chi connectivity index (χ0n) is 25.4. The summed E-state index contributed by atoms with van der Waals surface area (Å²) in [5, 5.41) is 5.04. The lowest BCUT2D eigenvalue weighted by atomic mass is 10.2. The average Bonchev–Trinajstić information content (AvgIpc) is 2.86. The van der Waals surface area contributed by atoms with Crippen LogP contribution < -0.4 is 16.0 Å². The molecule has 0 aliphatic rings. The van der Waals surface area contributed by atoms with Gasteiger partial charge < -0.3 is 44.3 Å². The zero-order chi connectivity index (χ0) is 36.2. The highest BCUT2D eigenvalue weighted by Gasteiger charge is 2.31. The molecule has 0 radical (unpaired) electrons. The van der Waals surface area contributed by atoms with Gasteiger partial charge >= 0.3 is 0 Å². The van der Waals surface area contributed by atoms with Crippen LogP contribution in [0.2, 0.25) is 0 Å². The molecule has 0 bridgehead atoms. The highest BCUT2D eigenvalue weighted by Crippen LogP contribution is 2.33. The van der Waals surface area contributed by atoms with Crippen LogP contribution in [0.5, 0.6) is 0 Å². The summed E-state index contributed by atoms with van der Waals surface area (Å²) >= 11 is 0. The first-order chi connectivity index (χ1) is 20.2. The summed E-state index contributed by atoms with van der Waals surface area (Å²) in [7, 11) is -14.7. The van der Waals surface area contributed by atoms with Crippen molar-refractivity contribution in [2.75, 3.05) is 44.0 Å². The Morgan fingerprint density at radius 2 is 1.13 bits per heavy atom. The maximum Gasteiger partial charge on any atom is 0.276 e. The van der Waals surface area contributed by atoms with E-state index in [1.165, 1.54) is 6.92 Å². The maximum atomic E-state index is 11.6. The summed E-state index contributed by atoms with van der Waals surface area (Å²) in [6.45, 7) is 6.21. The van der Waals surface area contributed by atoms with Crippen LogP contribution in [0.1, 0.15) is 27.2 Å². The number of hydrogen-bond acceptors (Lipinski definition) is 11. The third-order valence-corrected chi connectivity index (χ3v) is 8.31. The van der Waals surface area contributed by atoms with Crippen molar-refractivity contribution in [3.8, 4) is 0 Å². The second-order valence-corrected chi connectivity index (χ2v) is 17.9. The van der Waals surface area contributed by atoms with Crippen molar-refractivity contribution < 1.29 is 68.7 Å². The van der Waals surface area contributed by atoms with E-state index in [0.29, 0.717) is 18.9 Å². The van der Waals surface area contributed by atoms with Gasteiger partial charge in [-0.3, -0.25) is 23.5 Å². The fraction of sp³-hybridized carbons (Fsp3) is 0.652. The van der Waals surface area contributed by atoms with Crippen molar-refractivity contribution in [2.45, 2.75) is 32.4 Å². The summed E-state index contributed by atoms with van der Waals surface area (Å²) in [6, 6.07) is 0. The van der Waals surface area contributed by atoms with Crippen LogP contribution in [0.4, 0.5) is 0 Å². The highest BCUT2D eigenvalue weighted by atomic mass is 32.2. The molecule has 18 nitrogen and oxygen atoms in total. The van der Waals surface area contributed by atoms with E-state index in [-0.39, 0.29) is 31.5 Å². The van der Waals surface area contributed by atoms with Crippen LogP contribution in [0.15, 0.2) is 0 Å². The molecule has 0 aliphatic carbocycles. The lowest BCUT2D eigenvalue weighted by Gasteiger charge is -2.14. The molecule has 0 saturated heterocycles. The van der Waals surface area contributed by atoms with Gasteiger partial charge in [-0.2, -0.15) is 8.42 Å². The number of amides is 3. The maximum absolute atomic E-state index is 11.6. The summed E-state index contributed by atoms with van der Waals surface area (Å²) in [5.41, 5.74) is 0. The average molecular weight is 730 g/mol. The number of nitrogens with one attached hydrogen (secondary N) is 3. The van der Waals surface area contributed by atoms with E-state index in [1.54, 1.807) is 13.8 Å². The summed E-state index contributed by atoms with van der Waals surface area (Å²) in [6.07, 6.45) is 1.04. The SMILES string of the molecule is C=S(=O)(O)CC(=O)NCC(C)C=O.C=S(=O)(O)CCC(C(=O)NCC(C)C=O)S(=O)(=O)O.CC(C=O)CNC(=O)CP(C)(=O)O. The first kappa shape index (κ1) is 46.9. The van der Waals surface area contributed by atoms with Gasteiger partial charge in [-0.15, -0.1) is 0 Å². The molecule has 0 aromatic heterocycles. The quantitative estimate of drug-likeness (QED) is 0.0339. The Morgan fingerprint density at radius 1 is 0.756 bits per heavy atom. The molecule has 7 N–H and O–H groups in total. The second kappa shape index (κ2) is 22.1. The number of hydrogen-bond donors (Lipinski definition) is 7. The Labute approximate surface area is 263 Å². The Bertz CT molecular complexity index is 1360. The topological polar surface area (TPSA) is 305 Å². The molecule has 0 heterocycles. The predicted octanol–water partition coefficient (Wildman–Crippen LogP) is -2.26. The van der Waals surface area contributed by atoms with Crippen molar-refractivity contribution in [1.29, 1.82) is 0 Å². The molecule has 0 fully saturated rings. The molecule has 0 spiro atoms. The van der Waals surface area contributed by atoms with Gasteiger partial charge in [0.1, 0.15) is 30.8 Å². The van der Waals surface area contributed by atoms with Crippen LogP contribution in [0.25, 0.3) is 0 Å². The van der Waals surface area contributed by atoms with Crippen molar-refractivity contribution in [2.24, 2.45) is 17.8 Å². The zero-order valence-corrected chi connectivity index (χ0v) is 28.7. The fourth-order valence-electron chi connectivity index (χ4n) is 2.35. The molecule has 0 aromatic rings. The molecule has 45 heavy (non-hydrogen) atoms. The van der Waals surface area contributed by atoms with Crippen molar-refractivity contribution in [3.63, 3.8) is 0 Å². The minimum absolute atomic E-state index is 0.0901. The normalized spacial score (nSPS) is 17.5. The number of rotatable bonds is 18. The van der Waals surface area contributed by atoms with Crippen molar-refractivity contribution >= 4 is 85.4 Å². The van der Waals surface area contributed by atoms with Gasteiger partial charge in [0, 0.05) is 49.8 Å². The molecule has 3 amide bonds. The molecule has 0 aliphatic heterocycles. The van der Waals surface area contributed by atoms with Gasteiger partial charge in [0.25, 0.3) is 10.1 Å². The van der Waals surface area contributed by atoms with Gasteiger partial charge in [0.15, 0.2) is 5.25 Å². The van der Waals surface area contributed by atoms with Crippen LogP contribution in [-0.2, 0) is 63.1 Å². The van der Waals surface area contributed by atoms with E-state index >= 15 is 0 Å². The first-order valence-electron chi connectivity index (χ1n) is 12.7. The van der Waals surface area contributed by atoms with Crippen LogP contribution in [-0.4, -0.2) is 133 Å². The van der Waals surface area contributed by atoms with E-state index in [0.717, 1.165) is 6.66 Å². The van der Waals surface area contributed by atoms with Crippen molar-refractivity contribution in [1.82, 2.24) is 16.0 Å². The van der Waals surface area contributed by atoms with Crippen molar-refractivity contribution in [3.05, 3.63) is 0 Å². The Kier molecular flexibility index (Phi) is 23.0. The minimum Gasteiger partial charge on any atom is -0.355 e. The molecule has 0 rings (SSSR count). The molecular formula is C23H44N3O15PS3. The Morgan fingerprint density at radius 3 is 1.44 bits per heavy atom. The minimum atomic E-state index is -4.71. The highest BCUT2D eigenvalue weighted by molar-refractivity contribution is 7.95. The van der Waals surface area contributed by atoms with Gasteiger partial charge in [-0.1, -0.05) is 20.8 Å². The molecule has 22 heteroatoms. The summed E-state index contributed by atoms with van der Waals surface area (Å²) in [5.74, 6) is 1.57. The van der Waals surface area contributed by atoms with Gasteiger partial charge in [0.05, 0.1) is 19.6 Å². The van der Waals surface area contributed by atoms with Gasteiger partial charge in [-0.25, -0.2) is 8.42 Å². The van der Waals surface area contributed by atoms with E-state index in [1.807, 2.05) is 0 Å². The van der Waals surface area contributed by atoms with E-state index in [4.69, 9.17) is 18.6 Å². The Balaban J connectivity index is -0.000000606. The van der Waals surface area contributed by atoms with Gasteiger partial charge in [-0.05, 0) is 18.2 Å². The second-order valence-electron chi connectivity index (χ2n) is 10.1. The molecular weight excluding hydrogens is 685 g/mol. The largest absolute Gasteiger partial charge is 0.355 e.